The van der Waals surface area contributed by atoms with E-state index in [1.165, 1.54) is 24.3 Å². The van der Waals surface area contributed by atoms with Gasteiger partial charge in [0.2, 0.25) is 0 Å². The molecule has 0 aliphatic carbocycles. The largest absolute Gasteiger partial charge is 0.454 e. The smallest absolute Gasteiger partial charge is 0.167 e. The highest BCUT2D eigenvalue weighted by molar-refractivity contribution is 5.42. The number of rotatable bonds is 3. The summed E-state index contributed by atoms with van der Waals surface area (Å²) >= 11 is 0. The van der Waals surface area contributed by atoms with E-state index in [0.29, 0.717) is 5.56 Å². The third kappa shape index (κ3) is 2.76. The molecule has 0 aliphatic heterocycles. The van der Waals surface area contributed by atoms with Crippen LogP contribution in [0.15, 0.2) is 36.4 Å². The maximum atomic E-state index is 13.8. The molecule has 2 rings (SSSR count). The van der Waals surface area contributed by atoms with E-state index < -0.39 is 17.7 Å². The molecule has 0 aliphatic rings. The standard InChI is InChI=1S/C15H12F2N2O/c1-9(19)12-3-2-4-13(16)15(12)20-11-6-5-10(8-18)14(17)7-11/h2-7,9H,19H2,1H3/t9-/m0/s1. The van der Waals surface area contributed by atoms with Gasteiger partial charge in [0.05, 0.1) is 5.56 Å². The molecule has 102 valence electrons. The van der Waals surface area contributed by atoms with Gasteiger partial charge in [0.1, 0.15) is 17.6 Å². The monoisotopic (exact) mass is 274 g/mol. The fourth-order valence-corrected chi connectivity index (χ4v) is 1.76. The first kappa shape index (κ1) is 14.0. The Kier molecular flexibility index (Phi) is 3.97. The predicted molar refractivity (Wildman–Crippen MR) is 70.2 cm³/mol. The summed E-state index contributed by atoms with van der Waals surface area (Å²) in [6.07, 6.45) is 0. The van der Waals surface area contributed by atoms with E-state index in [1.807, 2.05) is 0 Å². The Labute approximate surface area is 115 Å². The van der Waals surface area contributed by atoms with Crippen LogP contribution in [-0.2, 0) is 0 Å². The first-order chi connectivity index (χ1) is 9.52. The van der Waals surface area contributed by atoms with Crippen molar-refractivity contribution in [3.05, 3.63) is 59.2 Å². The lowest BCUT2D eigenvalue weighted by Gasteiger charge is -2.14. The molecular formula is C15H12F2N2O. The molecule has 0 amide bonds. The molecule has 20 heavy (non-hydrogen) atoms. The molecule has 0 radical (unpaired) electrons. The highest BCUT2D eigenvalue weighted by Crippen LogP contribution is 2.32. The van der Waals surface area contributed by atoms with Crippen LogP contribution in [0, 0.1) is 23.0 Å². The number of hydrogen-bond donors (Lipinski definition) is 1. The van der Waals surface area contributed by atoms with Gasteiger partial charge < -0.3 is 10.5 Å². The minimum absolute atomic E-state index is 0.0355. The van der Waals surface area contributed by atoms with E-state index in [1.54, 1.807) is 19.1 Å². The Morgan fingerprint density at radius 2 is 1.95 bits per heavy atom. The van der Waals surface area contributed by atoms with Crippen LogP contribution in [0.25, 0.3) is 0 Å². The van der Waals surface area contributed by atoms with E-state index in [0.717, 1.165) is 6.07 Å². The maximum absolute atomic E-state index is 13.8. The zero-order valence-corrected chi connectivity index (χ0v) is 10.7. The zero-order chi connectivity index (χ0) is 14.7. The first-order valence-electron chi connectivity index (χ1n) is 5.94. The van der Waals surface area contributed by atoms with Gasteiger partial charge >= 0.3 is 0 Å². The summed E-state index contributed by atoms with van der Waals surface area (Å²) in [5.41, 5.74) is 6.13. The minimum Gasteiger partial charge on any atom is -0.454 e. The summed E-state index contributed by atoms with van der Waals surface area (Å²) in [6, 6.07) is 9.40. The molecule has 0 spiro atoms. The summed E-state index contributed by atoms with van der Waals surface area (Å²) in [4.78, 5) is 0. The zero-order valence-electron chi connectivity index (χ0n) is 10.7. The second kappa shape index (κ2) is 5.68. The molecule has 1 atom stereocenters. The number of nitriles is 1. The lowest BCUT2D eigenvalue weighted by molar-refractivity contribution is 0.429. The SMILES string of the molecule is C[C@H](N)c1cccc(F)c1Oc1ccc(C#N)c(F)c1. The van der Waals surface area contributed by atoms with E-state index >= 15 is 0 Å². The summed E-state index contributed by atoms with van der Waals surface area (Å²) in [5, 5.41) is 8.65. The van der Waals surface area contributed by atoms with E-state index in [-0.39, 0.29) is 17.1 Å². The van der Waals surface area contributed by atoms with Crippen LogP contribution in [0.3, 0.4) is 0 Å². The van der Waals surface area contributed by atoms with Crippen LogP contribution < -0.4 is 10.5 Å². The summed E-state index contributed by atoms with van der Waals surface area (Å²) in [6.45, 7) is 1.70. The molecule has 0 bridgehead atoms. The Morgan fingerprint density at radius 1 is 1.20 bits per heavy atom. The minimum atomic E-state index is -0.719. The Balaban J connectivity index is 2.40. The molecule has 2 aromatic carbocycles. The number of benzene rings is 2. The predicted octanol–water partition coefficient (Wildman–Crippen LogP) is 3.65. The number of ether oxygens (including phenoxy) is 1. The van der Waals surface area contributed by atoms with Crippen molar-refractivity contribution in [2.75, 3.05) is 0 Å². The van der Waals surface area contributed by atoms with Gasteiger partial charge in [0, 0.05) is 17.7 Å². The van der Waals surface area contributed by atoms with Crippen LogP contribution >= 0.6 is 0 Å². The van der Waals surface area contributed by atoms with Crippen LogP contribution in [0.2, 0.25) is 0 Å². The van der Waals surface area contributed by atoms with Crippen molar-refractivity contribution in [1.29, 1.82) is 5.26 Å². The molecule has 0 unspecified atom stereocenters. The quantitative estimate of drug-likeness (QED) is 0.929. The molecule has 0 saturated heterocycles. The summed E-state index contributed by atoms with van der Waals surface area (Å²) in [5.74, 6) is -1.23. The highest BCUT2D eigenvalue weighted by Gasteiger charge is 2.14. The van der Waals surface area contributed by atoms with Crippen molar-refractivity contribution in [3.8, 4) is 17.6 Å². The Hall–Kier alpha value is -2.45. The number of nitrogens with zero attached hydrogens (tertiary/aromatic N) is 1. The molecule has 5 heteroatoms. The van der Waals surface area contributed by atoms with Gasteiger partial charge in [-0.3, -0.25) is 0 Å². The van der Waals surface area contributed by atoms with Crippen molar-refractivity contribution in [1.82, 2.24) is 0 Å². The summed E-state index contributed by atoms with van der Waals surface area (Å²) in [7, 11) is 0. The maximum Gasteiger partial charge on any atom is 0.167 e. The second-order valence-corrected chi connectivity index (χ2v) is 4.30. The van der Waals surface area contributed by atoms with Crippen molar-refractivity contribution in [3.63, 3.8) is 0 Å². The van der Waals surface area contributed by atoms with Crippen molar-refractivity contribution >= 4 is 0 Å². The average Bonchev–Trinajstić information content (AvgIpc) is 2.41. The molecule has 2 N–H and O–H groups in total. The third-order valence-corrected chi connectivity index (χ3v) is 2.77. The van der Waals surface area contributed by atoms with Gasteiger partial charge in [-0.2, -0.15) is 5.26 Å². The normalized spacial score (nSPS) is 11.8. The van der Waals surface area contributed by atoms with Gasteiger partial charge in [0.25, 0.3) is 0 Å². The number of para-hydroxylation sites is 1. The number of hydrogen-bond acceptors (Lipinski definition) is 3. The van der Waals surface area contributed by atoms with Gasteiger partial charge in [0.15, 0.2) is 11.6 Å². The molecule has 2 aromatic rings. The van der Waals surface area contributed by atoms with Crippen LogP contribution in [-0.4, -0.2) is 0 Å². The van der Waals surface area contributed by atoms with E-state index in [9.17, 15) is 8.78 Å². The van der Waals surface area contributed by atoms with Crippen LogP contribution in [0.4, 0.5) is 8.78 Å². The van der Waals surface area contributed by atoms with Crippen LogP contribution in [0.1, 0.15) is 24.1 Å². The van der Waals surface area contributed by atoms with Crippen molar-refractivity contribution in [2.45, 2.75) is 13.0 Å². The fourth-order valence-electron chi connectivity index (χ4n) is 1.76. The van der Waals surface area contributed by atoms with Crippen molar-refractivity contribution < 1.29 is 13.5 Å². The Morgan fingerprint density at radius 3 is 2.55 bits per heavy atom. The van der Waals surface area contributed by atoms with Gasteiger partial charge in [-0.25, -0.2) is 8.78 Å². The molecule has 0 saturated carbocycles. The summed E-state index contributed by atoms with van der Waals surface area (Å²) < 4.78 is 32.7. The van der Waals surface area contributed by atoms with Gasteiger partial charge in [-0.1, -0.05) is 12.1 Å². The average molecular weight is 274 g/mol. The molecule has 0 aromatic heterocycles. The fraction of sp³-hybridized carbons (Fsp3) is 0.133. The molecule has 3 nitrogen and oxygen atoms in total. The topological polar surface area (TPSA) is 59.0 Å². The molecular weight excluding hydrogens is 262 g/mol. The molecule has 0 fully saturated rings. The number of nitrogens with two attached hydrogens (primary N) is 1. The third-order valence-electron chi connectivity index (χ3n) is 2.77. The second-order valence-electron chi connectivity index (χ2n) is 4.30. The van der Waals surface area contributed by atoms with Gasteiger partial charge in [-0.05, 0) is 25.1 Å². The van der Waals surface area contributed by atoms with Crippen LogP contribution in [0.5, 0.6) is 11.5 Å². The lowest BCUT2D eigenvalue weighted by Crippen LogP contribution is -2.07. The molecule has 0 heterocycles. The van der Waals surface area contributed by atoms with Gasteiger partial charge in [-0.15, -0.1) is 0 Å². The number of halogens is 2. The highest BCUT2D eigenvalue weighted by atomic mass is 19.1. The first-order valence-corrected chi connectivity index (χ1v) is 5.94. The lowest BCUT2D eigenvalue weighted by atomic mass is 10.1. The van der Waals surface area contributed by atoms with E-state index in [2.05, 4.69) is 0 Å². The van der Waals surface area contributed by atoms with E-state index in [4.69, 9.17) is 15.7 Å². The van der Waals surface area contributed by atoms with Crippen molar-refractivity contribution in [2.24, 2.45) is 5.73 Å². The Bertz CT molecular complexity index is 678.